The van der Waals surface area contributed by atoms with Crippen molar-refractivity contribution in [3.63, 3.8) is 0 Å². The Morgan fingerprint density at radius 1 is 1.20 bits per heavy atom. The molecule has 0 aliphatic carbocycles. The van der Waals surface area contributed by atoms with Crippen LogP contribution < -0.4 is 10.5 Å². The zero-order chi connectivity index (χ0) is 14.2. The van der Waals surface area contributed by atoms with Gasteiger partial charge in [-0.2, -0.15) is 0 Å². The molecule has 1 heterocycles. The normalized spacial score (nSPS) is 16.1. The molecule has 1 aromatic carbocycles. The Morgan fingerprint density at radius 3 is 2.60 bits per heavy atom. The average molecular weight is 272 g/mol. The third-order valence-corrected chi connectivity index (χ3v) is 3.73. The summed E-state index contributed by atoms with van der Waals surface area (Å²) in [5.41, 5.74) is 7.79. The predicted octanol–water partition coefficient (Wildman–Crippen LogP) is 2.38. The highest BCUT2D eigenvalue weighted by Crippen LogP contribution is 2.20. The van der Waals surface area contributed by atoms with E-state index in [1.807, 2.05) is 12.1 Å². The van der Waals surface area contributed by atoms with Crippen molar-refractivity contribution in [1.29, 1.82) is 0 Å². The van der Waals surface area contributed by atoms with Gasteiger partial charge in [-0.15, -0.1) is 0 Å². The van der Waals surface area contributed by atoms with Crippen molar-refractivity contribution < 1.29 is 4.74 Å². The molecular weight excluding hydrogens is 248 g/mol. The highest BCUT2D eigenvalue weighted by atomic mass is 16.5. The molecule has 0 amide bonds. The summed E-state index contributed by atoms with van der Waals surface area (Å²) in [5, 5.41) is 0. The number of ether oxygens (including phenoxy) is 1. The topological polar surface area (TPSA) is 38.5 Å². The van der Waals surface area contributed by atoms with Gasteiger partial charge < -0.3 is 10.5 Å². The van der Waals surface area contributed by atoms with E-state index in [0.29, 0.717) is 6.54 Å². The van der Waals surface area contributed by atoms with Crippen LogP contribution in [0.25, 0.3) is 0 Å². The Bertz CT molecular complexity index is 479. The van der Waals surface area contributed by atoms with E-state index in [9.17, 15) is 0 Å². The maximum absolute atomic E-state index is 5.48. The second kappa shape index (κ2) is 7.94. The molecule has 3 nitrogen and oxygen atoms in total. The molecule has 3 heteroatoms. The van der Waals surface area contributed by atoms with E-state index in [0.717, 1.165) is 17.9 Å². The first-order valence-electron chi connectivity index (χ1n) is 7.41. The average Bonchev–Trinajstić information content (AvgIpc) is 2.74. The van der Waals surface area contributed by atoms with Gasteiger partial charge >= 0.3 is 0 Å². The van der Waals surface area contributed by atoms with Crippen molar-refractivity contribution in [3.8, 4) is 17.6 Å². The number of hydrogen-bond acceptors (Lipinski definition) is 3. The van der Waals surface area contributed by atoms with Gasteiger partial charge in [0.05, 0.1) is 13.7 Å². The molecule has 0 spiro atoms. The lowest BCUT2D eigenvalue weighted by molar-refractivity contribution is 0.276. The number of hydrogen-bond donors (Lipinski definition) is 1. The molecule has 0 saturated carbocycles. The number of nitrogens with zero attached hydrogens (tertiary/aromatic N) is 1. The third-order valence-electron chi connectivity index (χ3n) is 3.73. The minimum atomic E-state index is 0.398. The van der Waals surface area contributed by atoms with Crippen LogP contribution in [0.4, 0.5) is 0 Å². The van der Waals surface area contributed by atoms with Gasteiger partial charge in [-0.05, 0) is 49.7 Å². The van der Waals surface area contributed by atoms with E-state index >= 15 is 0 Å². The van der Waals surface area contributed by atoms with E-state index in [2.05, 4.69) is 22.8 Å². The fourth-order valence-corrected chi connectivity index (χ4v) is 2.63. The van der Waals surface area contributed by atoms with Crippen LogP contribution >= 0.6 is 0 Å². The minimum absolute atomic E-state index is 0.398. The molecule has 0 aromatic heterocycles. The van der Waals surface area contributed by atoms with Crippen LogP contribution in [0.1, 0.15) is 36.8 Å². The molecule has 1 aliphatic heterocycles. The zero-order valence-corrected chi connectivity index (χ0v) is 12.3. The van der Waals surface area contributed by atoms with Crippen LogP contribution in [0.2, 0.25) is 0 Å². The molecule has 0 bridgehead atoms. The Hall–Kier alpha value is -1.50. The fourth-order valence-electron chi connectivity index (χ4n) is 2.63. The van der Waals surface area contributed by atoms with Crippen LogP contribution in [0.3, 0.4) is 0 Å². The molecule has 2 rings (SSSR count). The van der Waals surface area contributed by atoms with Gasteiger partial charge in [0.15, 0.2) is 0 Å². The molecule has 0 unspecified atom stereocenters. The Balaban J connectivity index is 2.17. The van der Waals surface area contributed by atoms with Crippen molar-refractivity contribution in [3.05, 3.63) is 29.3 Å². The molecule has 20 heavy (non-hydrogen) atoms. The first kappa shape index (κ1) is 14.9. The zero-order valence-electron chi connectivity index (χ0n) is 12.3. The second-order valence-corrected chi connectivity index (χ2v) is 5.22. The van der Waals surface area contributed by atoms with Gasteiger partial charge in [0.2, 0.25) is 0 Å². The lowest BCUT2D eigenvalue weighted by atomic mass is 10.1. The van der Waals surface area contributed by atoms with Crippen LogP contribution in [0.5, 0.6) is 5.75 Å². The number of benzene rings is 1. The summed E-state index contributed by atoms with van der Waals surface area (Å²) in [5.74, 6) is 7.02. The maximum atomic E-state index is 5.48. The SMILES string of the molecule is COc1ccc(C#CCN)c(CN2CCCCCC2)c1. The van der Waals surface area contributed by atoms with Crippen LogP contribution in [0, 0.1) is 11.8 Å². The molecule has 1 aromatic rings. The lowest BCUT2D eigenvalue weighted by Gasteiger charge is -2.21. The maximum Gasteiger partial charge on any atom is 0.119 e. The molecule has 108 valence electrons. The van der Waals surface area contributed by atoms with Crippen molar-refractivity contribution in [2.24, 2.45) is 5.73 Å². The molecule has 0 atom stereocenters. The molecule has 2 N–H and O–H groups in total. The van der Waals surface area contributed by atoms with E-state index in [1.165, 1.54) is 44.3 Å². The highest BCUT2D eigenvalue weighted by molar-refractivity contribution is 5.45. The lowest BCUT2D eigenvalue weighted by Crippen LogP contribution is -2.24. The van der Waals surface area contributed by atoms with Gasteiger partial charge in [-0.3, -0.25) is 4.90 Å². The van der Waals surface area contributed by atoms with Gasteiger partial charge in [-0.25, -0.2) is 0 Å². The number of likely N-dealkylation sites (tertiary alicyclic amines) is 1. The van der Waals surface area contributed by atoms with Crippen molar-refractivity contribution >= 4 is 0 Å². The van der Waals surface area contributed by atoms with Crippen LogP contribution in [0.15, 0.2) is 18.2 Å². The van der Waals surface area contributed by atoms with Gasteiger partial charge in [0, 0.05) is 12.1 Å². The standard InChI is InChI=1S/C17H24N2O/c1-20-17-9-8-15(7-6-10-18)16(13-17)14-19-11-4-2-3-5-12-19/h8-9,13H,2-5,10-12,14,18H2,1H3. The van der Waals surface area contributed by atoms with E-state index in [4.69, 9.17) is 10.5 Å². The van der Waals surface area contributed by atoms with Crippen molar-refractivity contribution in [2.75, 3.05) is 26.7 Å². The van der Waals surface area contributed by atoms with E-state index in [1.54, 1.807) is 7.11 Å². The van der Waals surface area contributed by atoms with Gasteiger partial charge in [0.25, 0.3) is 0 Å². The molecule has 0 radical (unpaired) electrons. The molecule has 1 saturated heterocycles. The minimum Gasteiger partial charge on any atom is -0.497 e. The summed E-state index contributed by atoms with van der Waals surface area (Å²) in [6.45, 7) is 3.71. The Labute approximate surface area is 122 Å². The van der Waals surface area contributed by atoms with Crippen molar-refractivity contribution in [1.82, 2.24) is 4.90 Å². The summed E-state index contributed by atoms with van der Waals surface area (Å²) in [6.07, 6.45) is 5.31. The number of nitrogens with two attached hydrogens (primary N) is 1. The molecule has 1 aliphatic rings. The smallest absolute Gasteiger partial charge is 0.119 e. The van der Waals surface area contributed by atoms with Crippen LogP contribution in [-0.4, -0.2) is 31.6 Å². The third kappa shape index (κ3) is 4.26. The van der Waals surface area contributed by atoms with Gasteiger partial charge in [-0.1, -0.05) is 24.7 Å². The quantitative estimate of drug-likeness (QED) is 0.859. The van der Waals surface area contributed by atoms with Crippen molar-refractivity contribution in [2.45, 2.75) is 32.2 Å². The first-order valence-corrected chi connectivity index (χ1v) is 7.41. The largest absolute Gasteiger partial charge is 0.497 e. The fraction of sp³-hybridized carbons (Fsp3) is 0.529. The summed E-state index contributed by atoms with van der Waals surface area (Å²) >= 11 is 0. The van der Waals surface area contributed by atoms with E-state index < -0.39 is 0 Å². The van der Waals surface area contributed by atoms with Crippen LogP contribution in [-0.2, 0) is 6.54 Å². The molecule has 1 fully saturated rings. The Kier molecular flexibility index (Phi) is 5.91. The van der Waals surface area contributed by atoms with E-state index in [-0.39, 0.29) is 0 Å². The summed E-state index contributed by atoms with van der Waals surface area (Å²) < 4.78 is 5.34. The summed E-state index contributed by atoms with van der Waals surface area (Å²) in [7, 11) is 1.70. The molecular formula is C17H24N2O. The van der Waals surface area contributed by atoms with Gasteiger partial charge in [0.1, 0.15) is 5.75 Å². The number of methoxy groups -OCH3 is 1. The highest BCUT2D eigenvalue weighted by Gasteiger charge is 2.12. The predicted molar refractivity (Wildman–Crippen MR) is 82.7 cm³/mol. The Morgan fingerprint density at radius 2 is 1.95 bits per heavy atom. The first-order chi connectivity index (χ1) is 9.83. The summed E-state index contributed by atoms with van der Waals surface area (Å²) in [6, 6.07) is 6.10. The monoisotopic (exact) mass is 272 g/mol. The summed E-state index contributed by atoms with van der Waals surface area (Å²) in [4.78, 5) is 2.52. The second-order valence-electron chi connectivity index (χ2n) is 5.22. The number of rotatable bonds is 3.